The molecule has 4 rings (SSSR count). The van der Waals surface area contributed by atoms with Crippen molar-refractivity contribution in [1.82, 2.24) is 0 Å². The molecule has 0 fully saturated rings. The Morgan fingerprint density at radius 2 is 1.62 bits per heavy atom. The Balaban J connectivity index is 0.00000204. The second-order valence-corrected chi connectivity index (χ2v) is 23.1. The molecule has 0 bridgehead atoms. The molecule has 1 radical (unpaired) electrons. The van der Waals surface area contributed by atoms with Gasteiger partial charge < -0.3 is 24.8 Å². The molecule has 0 saturated heterocycles. The molecule has 0 heterocycles. The van der Waals surface area contributed by atoms with E-state index >= 15 is 0 Å². The molecule has 4 heteroatoms. The third-order valence-corrected chi connectivity index (χ3v) is 15.7. The van der Waals surface area contributed by atoms with Crippen LogP contribution >= 0.6 is 0 Å². The van der Waals surface area contributed by atoms with E-state index in [2.05, 4.69) is 94.5 Å². The second kappa shape index (κ2) is 13.6. The summed E-state index contributed by atoms with van der Waals surface area (Å²) in [4.78, 5) is 0. The van der Waals surface area contributed by atoms with Crippen LogP contribution in [0.5, 0.6) is 0 Å². The van der Waals surface area contributed by atoms with Crippen LogP contribution < -0.4 is 24.8 Å². The van der Waals surface area contributed by atoms with Crippen molar-refractivity contribution < 1.29 is 47.2 Å². The Morgan fingerprint density at radius 3 is 2.32 bits per heavy atom. The van der Waals surface area contributed by atoms with E-state index in [1.165, 1.54) is 59.6 Å². The summed E-state index contributed by atoms with van der Waals surface area (Å²) in [5.74, 6) is 0.416. The largest absolute Gasteiger partial charge is 1.00 e. The van der Waals surface area contributed by atoms with Crippen molar-refractivity contribution in [3.05, 3.63) is 76.9 Å². The number of halogens is 2. The van der Waals surface area contributed by atoms with E-state index in [9.17, 15) is 0 Å². The van der Waals surface area contributed by atoms with Crippen molar-refractivity contribution in [1.29, 1.82) is 0 Å². The Bertz CT molecular complexity index is 1110. The third-order valence-electron chi connectivity index (χ3n) is 6.74. The SMILES string of the molecule is CCCCCCC1=Cc2c(-c3cccc4ccccc34)cc(C(C)C)cc2[CH]1[Zr+2][Si](C)C.[Cl-].[Cl-]. The molecule has 3 aromatic rings. The van der Waals surface area contributed by atoms with Gasteiger partial charge in [0.05, 0.1) is 0 Å². The molecule has 179 valence electrons. The van der Waals surface area contributed by atoms with Crippen LogP contribution in [0.4, 0.5) is 0 Å². The van der Waals surface area contributed by atoms with Gasteiger partial charge in [-0.25, -0.2) is 0 Å². The fourth-order valence-corrected chi connectivity index (χ4v) is 13.9. The predicted molar refractivity (Wildman–Crippen MR) is 140 cm³/mol. The van der Waals surface area contributed by atoms with Crippen LogP contribution in [0.15, 0.2) is 60.2 Å². The van der Waals surface area contributed by atoms with Crippen LogP contribution in [-0.4, -0.2) is 5.92 Å². The summed E-state index contributed by atoms with van der Waals surface area (Å²) < 4.78 is 0.798. The number of hydrogen-bond donors (Lipinski definition) is 0. The van der Waals surface area contributed by atoms with E-state index in [0.29, 0.717) is 5.92 Å². The fraction of sp³-hybridized carbons (Fsp3) is 0.400. The van der Waals surface area contributed by atoms with Crippen molar-refractivity contribution >= 4 is 22.8 Å². The Morgan fingerprint density at radius 1 is 0.882 bits per heavy atom. The fourth-order valence-electron chi connectivity index (χ4n) is 5.02. The minimum Gasteiger partial charge on any atom is -1.00 e. The van der Waals surface area contributed by atoms with Crippen molar-refractivity contribution in [2.45, 2.75) is 75.5 Å². The molecule has 34 heavy (non-hydrogen) atoms. The average Bonchev–Trinajstić information content (AvgIpc) is 3.12. The standard InChI is InChI=1S/C28H31.C2H6Si.2ClH.Zr/c1-4-5-6-7-11-21-16-24-18-23(20(2)3)19-28(27(24)17-21)26-15-10-13-22-12-8-9-14-25(22)26;1-3-2;;;/h8-10,12-20H,4-7,11H2,1-3H3;1-2H3;2*1H;/q;;;;+2/p-2. The first-order valence-electron chi connectivity index (χ1n) is 12.4. The van der Waals surface area contributed by atoms with Crippen LogP contribution in [0.2, 0.25) is 13.1 Å². The van der Waals surface area contributed by atoms with E-state index < -0.39 is 22.4 Å². The van der Waals surface area contributed by atoms with Crippen LogP contribution in [0.3, 0.4) is 0 Å². The molecule has 0 amide bonds. The quantitative estimate of drug-likeness (QED) is 0.266. The normalized spacial score (nSPS) is 14.4. The predicted octanol–water partition coefficient (Wildman–Crippen LogP) is 3.38. The minimum atomic E-state index is -0.447. The van der Waals surface area contributed by atoms with Gasteiger partial charge in [0.2, 0.25) is 0 Å². The molecule has 0 N–H and O–H groups in total. The minimum absolute atomic E-state index is 0. The summed E-state index contributed by atoms with van der Waals surface area (Å²) in [7, 11) is 0. The first-order chi connectivity index (χ1) is 15.5. The third kappa shape index (κ3) is 6.56. The second-order valence-electron chi connectivity index (χ2n) is 9.86. The summed E-state index contributed by atoms with van der Waals surface area (Å²) in [5, 5.41) is 2.73. The van der Waals surface area contributed by atoms with Gasteiger partial charge >= 0.3 is 209 Å². The van der Waals surface area contributed by atoms with E-state index in [1.54, 1.807) is 16.7 Å². The van der Waals surface area contributed by atoms with Crippen molar-refractivity contribution in [3.63, 3.8) is 0 Å². The molecular formula is C30H37Cl2SiZr. The van der Waals surface area contributed by atoms with Gasteiger partial charge in [-0.15, -0.1) is 0 Å². The van der Waals surface area contributed by atoms with Crippen LogP contribution in [0, 0.1) is 0 Å². The summed E-state index contributed by atoms with van der Waals surface area (Å²) >= 11 is -0.447. The topological polar surface area (TPSA) is 0 Å². The van der Waals surface area contributed by atoms with E-state index in [0.717, 1.165) is 3.63 Å². The van der Waals surface area contributed by atoms with Gasteiger partial charge in [0, 0.05) is 0 Å². The molecule has 0 saturated carbocycles. The molecule has 0 aliphatic heterocycles. The molecule has 0 spiro atoms. The van der Waals surface area contributed by atoms with Crippen molar-refractivity contribution in [3.8, 4) is 11.1 Å². The molecule has 1 aliphatic rings. The van der Waals surface area contributed by atoms with E-state index in [1.807, 2.05) is 0 Å². The maximum atomic E-state index is 2.64. The number of rotatable bonds is 9. The molecule has 0 nitrogen and oxygen atoms in total. The van der Waals surface area contributed by atoms with Gasteiger partial charge in [-0.2, -0.15) is 0 Å². The summed E-state index contributed by atoms with van der Waals surface area (Å²) in [6, 6.07) is 20.8. The zero-order valence-electron chi connectivity index (χ0n) is 21.2. The van der Waals surface area contributed by atoms with Crippen LogP contribution in [0.1, 0.15) is 79.1 Å². The Labute approximate surface area is 232 Å². The molecule has 0 aromatic heterocycles. The first kappa shape index (κ1) is 29.6. The summed E-state index contributed by atoms with van der Waals surface area (Å²) in [6.07, 6.45) is 9.38. The van der Waals surface area contributed by atoms with Gasteiger partial charge in [0.1, 0.15) is 0 Å². The summed E-state index contributed by atoms with van der Waals surface area (Å²) in [6.45, 7) is 12.1. The Hall–Kier alpha value is -0.660. The van der Waals surface area contributed by atoms with Crippen molar-refractivity contribution in [2.24, 2.45) is 0 Å². The number of fused-ring (bicyclic) bond motifs is 2. The zero-order chi connectivity index (χ0) is 22.7. The maximum Gasteiger partial charge on any atom is -1.00 e. The van der Waals surface area contributed by atoms with Gasteiger partial charge in [-0.1, -0.05) is 0 Å². The van der Waals surface area contributed by atoms with E-state index in [-0.39, 0.29) is 30.7 Å². The number of hydrogen-bond acceptors (Lipinski definition) is 0. The molecule has 1 aliphatic carbocycles. The molecule has 1 unspecified atom stereocenters. The molecule has 1 atom stereocenters. The molecule has 3 aromatic carbocycles. The van der Waals surface area contributed by atoms with E-state index in [4.69, 9.17) is 0 Å². The number of unbranched alkanes of at least 4 members (excludes halogenated alkanes) is 3. The van der Waals surface area contributed by atoms with Crippen molar-refractivity contribution in [2.75, 3.05) is 0 Å². The van der Waals surface area contributed by atoms with Crippen LogP contribution in [-0.2, 0) is 22.4 Å². The average molecular weight is 588 g/mol. The Kier molecular flexibility index (Phi) is 11.8. The van der Waals surface area contributed by atoms with Crippen LogP contribution in [0.25, 0.3) is 28.0 Å². The van der Waals surface area contributed by atoms with Gasteiger partial charge in [0.15, 0.2) is 0 Å². The monoisotopic (exact) mass is 585 g/mol. The zero-order valence-corrected chi connectivity index (χ0v) is 26.2. The van der Waals surface area contributed by atoms with Gasteiger partial charge in [-0.3, -0.25) is 0 Å². The number of benzene rings is 3. The van der Waals surface area contributed by atoms with Gasteiger partial charge in [-0.05, 0) is 0 Å². The summed E-state index contributed by atoms with van der Waals surface area (Å²) in [5.41, 5.74) is 9.40. The smallest absolute Gasteiger partial charge is 1.00 e. The van der Waals surface area contributed by atoms with Gasteiger partial charge in [0.25, 0.3) is 0 Å². The number of allylic oxidation sites excluding steroid dienone is 1. The maximum absolute atomic E-state index is 2.64. The first-order valence-corrected chi connectivity index (χ1v) is 20.0. The molecular weight excluding hydrogens is 551 g/mol.